The SMILES string of the molecule is c1ccc2c(c1)-c1cc(N(c3ccc(-c4cccc5oc6ccccc6c45)cc3)c3ccc4c(c3)C3(c5ccccc5-4)C4CC5CC(C4)CC3C5)ccc1C21CCCCC1. The molecule has 292 valence electrons. The highest BCUT2D eigenvalue weighted by Gasteiger charge is 2.61. The van der Waals surface area contributed by atoms with Crippen LogP contribution in [0.1, 0.15) is 86.5 Å². The van der Waals surface area contributed by atoms with E-state index in [1.165, 1.54) is 125 Å². The minimum Gasteiger partial charge on any atom is -0.456 e. The van der Waals surface area contributed by atoms with Crippen LogP contribution in [0.5, 0.6) is 0 Å². The van der Waals surface area contributed by atoms with Crippen LogP contribution in [0.3, 0.4) is 0 Å². The molecule has 1 aromatic heterocycles. The van der Waals surface area contributed by atoms with E-state index in [1.807, 2.05) is 0 Å². The average Bonchev–Trinajstić information content (AvgIpc) is 3.91. The highest BCUT2D eigenvalue weighted by atomic mass is 16.3. The molecular formula is C58H49NO. The third-order valence-corrected chi connectivity index (χ3v) is 16.9. The molecule has 4 bridgehead atoms. The van der Waals surface area contributed by atoms with Crippen LogP contribution in [0.15, 0.2) is 156 Å². The first-order valence-corrected chi connectivity index (χ1v) is 23.0. The van der Waals surface area contributed by atoms with Crippen LogP contribution in [0.2, 0.25) is 0 Å². The normalized spacial score (nSPS) is 24.9. The Hall–Kier alpha value is -5.86. The van der Waals surface area contributed by atoms with Gasteiger partial charge in [0.2, 0.25) is 0 Å². The van der Waals surface area contributed by atoms with E-state index in [1.54, 1.807) is 22.3 Å². The van der Waals surface area contributed by atoms with Crippen molar-refractivity contribution < 1.29 is 4.42 Å². The minimum atomic E-state index is 0.112. The molecule has 5 fully saturated rings. The highest BCUT2D eigenvalue weighted by molar-refractivity contribution is 6.12. The van der Waals surface area contributed by atoms with Gasteiger partial charge in [-0.25, -0.2) is 0 Å². The number of benzene rings is 7. The highest BCUT2D eigenvalue weighted by Crippen LogP contribution is 2.70. The van der Waals surface area contributed by atoms with Crippen molar-refractivity contribution in [3.05, 3.63) is 174 Å². The van der Waals surface area contributed by atoms with E-state index < -0.39 is 0 Å². The Bertz CT molecular complexity index is 3020. The molecule has 0 atom stereocenters. The summed E-state index contributed by atoms with van der Waals surface area (Å²) < 4.78 is 6.33. The second-order valence-electron chi connectivity index (χ2n) is 19.5. The maximum absolute atomic E-state index is 6.33. The average molecular weight is 776 g/mol. The van der Waals surface area contributed by atoms with E-state index in [2.05, 4.69) is 157 Å². The third-order valence-electron chi connectivity index (χ3n) is 16.9. The van der Waals surface area contributed by atoms with Gasteiger partial charge in [-0.1, -0.05) is 122 Å². The van der Waals surface area contributed by atoms with Gasteiger partial charge < -0.3 is 9.32 Å². The van der Waals surface area contributed by atoms with E-state index >= 15 is 0 Å². The molecule has 7 aromatic carbocycles. The fourth-order valence-electron chi connectivity index (χ4n) is 14.8. The van der Waals surface area contributed by atoms with Crippen LogP contribution in [-0.4, -0.2) is 0 Å². The van der Waals surface area contributed by atoms with Crippen LogP contribution >= 0.6 is 0 Å². The summed E-state index contributed by atoms with van der Waals surface area (Å²) in [6.07, 6.45) is 13.5. The first-order valence-electron chi connectivity index (χ1n) is 23.0. The number of nitrogens with zero attached hydrogens (tertiary/aromatic N) is 1. The van der Waals surface area contributed by atoms with Gasteiger partial charge in [-0.2, -0.15) is 0 Å². The molecule has 0 amide bonds. The Kier molecular flexibility index (Phi) is 6.98. The molecule has 0 unspecified atom stereocenters. The second-order valence-corrected chi connectivity index (χ2v) is 19.5. The summed E-state index contributed by atoms with van der Waals surface area (Å²) in [5, 5.41) is 2.35. The maximum atomic E-state index is 6.33. The quantitative estimate of drug-likeness (QED) is 0.177. The van der Waals surface area contributed by atoms with Gasteiger partial charge >= 0.3 is 0 Å². The molecule has 15 rings (SSSR count). The van der Waals surface area contributed by atoms with Crippen LogP contribution in [0.25, 0.3) is 55.3 Å². The van der Waals surface area contributed by atoms with Crippen molar-refractivity contribution in [2.24, 2.45) is 23.7 Å². The zero-order valence-electron chi connectivity index (χ0n) is 34.2. The Morgan fingerprint density at radius 2 is 1.03 bits per heavy atom. The lowest BCUT2D eigenvalue weighted by Gasteiger charge is -2.61. The van der Waals surface area contributed by atoms with Gasteiger partial charge in [-0.05, 0) is 173 Å². The summed E-state index contributed by atoms with van der Waals surface area (Å²) in [4.78, 5) is 2.58. The number of anilines is 3. The molecule has 0 aliphatic heterocycles. The van der Waals surface area contributed by atoms with Gasteiger partial charge in [0, 0.05) is 38.7 Å². The number of hydrogen-bond donors (Lipinski definition) is 0. The number of rotatable bonds is 4. The van der Waals surface area contributed by atoms with E-state index in [9.17, 15) is 0 Å². The van der Waals surface area contributed by atoms with Gasteiger partial charge in [0.25, 0.3) is 0 Å². The molecule has 0 radical (unpaired) electrons. The molecule has 0 saturated heterocycles. The summed E-state index contributed by atoms with van der Waals surface area (Å²) in [6.45, 7) is 0. The Balaban J connectivity index is 0.960. The first-order chi connectivity index (χ1) is 29.7. The Morgan fingerprint density at radius 3 is 1.83 bits per heavy atom. The van der Waals surface area contributed by atoms with E-state index in [0.717, 1.165) is 34.8 Å². The minimum absolute atomic E-state index is 0.112. The van der Waals surface area contributed by atoms with Gasteiger partial charge in [0.1, 0.15) is 11.2 Å². The van der Waals surface area contributed by atoms with Crippen molar-refractivity contribution in [1.29, 1.82) is 0 Å². The van der Waals surface area contributed by atoms with Crippen molar-refractivity contribution in [3.8, 4) is 33.4 Å². The molecule has 7 aliphatic rings. The van der Waals surface area contributed by atoms with E-state index in [4.69, 9.17) is 4.42 Å². The van der Waals surface area contributed by atoms with Crippen molar-refractivity contribution >= 4 is 39.0 Å². The van der Waals surface area contributed by atoms with E-state index in [-0.39, 0.29) is 10.8 Å². The predicted octanol–water partition coefficient (Wildman–Crippen LogP) is 15.7. The molecule has 5 saturated carbocycles. The van der Waals surface area contributed by atoms with Crippen molar-refractivity contribution in [2.75, 3.05) is 4.90 Å². The standard InChI is InChI=1S/C58H49NO/c1-8-27-57(28-9-1)50-15-5-2-12-46(50)49-34-42(24-26-51(49)57)59(41-21-19-38(20-22-41)44-14-10-18-55-56(44)48-13-4-7-17-54(48)60-55)43-23-25-47-45-11-3-6-16-52(45)58(53(47)35-43)39-30-36-29-37(32-39)33-40(58)31-36/h2-7,10-26,34-37,39-40H,1,8-9,27-33H2. The summed E-state index contributed by atoms with van der Waals surface area (Å²) in [5.41, 5.74) is 20.4. The molecule has 1 heterocycles. The van der Waals surface area contributed by atoms with Gasteiger partial charge in [-0.15, -0.1) is 0 Å². The largest absolute Gasteiger partial charge is 0.456 e. The van der Waals surface area contributed by atoms with Crippen LogP contribution in [0.4, 0.5) is 17.1 Å². The molecule has 7 aliphatic carbocycles. The molecule has 2 heteroatoms. The van der Waals surface area contributed by atoms with Gasteiger partial charge in [-0.3, -0.25) is 0 Å². The Labute approximate surface area is 352 Å². The number of furan rings is 1. The molecular weight excluding hydrogens is 727 g/mol. The fraction of sp³-hybridized carbons (Fsp3) is 0.276. The van der Waals surface area contributed by atoms with Crippen molar-refractivity contribution in [1.82, 2.24) is 0 Å². The van der Waals surface area contributed by atoms with Gasteiger partial charge in [0.05, 0.1) is 0 Å². The first kappa shape index (κ1) is 33.9. The van der Waals surface area contributed by atoms with Crippen molar-refractivity contribution in [2.45, 2.75) is 75.0 Å². The topological polar surface area (TPSA) is 16.4 Å². The van der Waals surface area contributed by atoms with Crippen LogP contribution in [-0.2, 0) is 10.8 Å². The lowest BCUT2D eigenvalue weighted by Crippen LogP contribution is -2.55. The molecule has 0 N–H and O–H groups in total. The monoisotopic (exact) mass is 775 g/mol. The lowest BCUT2D eigenvalue weighted by atomic mass is 9.43. The zero-order chi connectivity index (χ0) is 39.2. The zero-order valence-corrected chi connectivity index (χ0v) is 34.2. The summed E-state index contributed by atoms with van der Waals surface area (Å²) in [6, 6.07) is 58.3. The summed E-state index contributed by atoms with van der Waals surface area (Å²) in [5.74, 6) is 3.29. The molecule has 2 spiro atoms. The fourth-order valence-corrected chi connectivity index (χ4v) is 14.8. The lowest BCUT2D eigenvalue weighted by molar-refractivity contribution is -0.0399. The molecule has 60 heavy (non-hydrogen) atoms. The number of para-hydroxylation sites is 1. The second kappa shape index (κ2) is 12.4. The van der Waals surface area contributed by atoms with Crippen LogP contribution < -0.4 is 4.90 Å². The van der Waals surface area contributed by atoms with E-state index in [0.29, 0.717) is 0 Å². The van der Waals surface area contributed by atoms with Crippen molar-refractivity contribution in [3.63, 3.8) is 0 Å². The predicted molar refractivity (Wildman–Crippen MR) is 246 cm³/mol. The maximum Gasteiger partial charge on any atom is 0.136 e. The number of hydrogen-bond acceptors (Lipinski definition) is 2. The third kappa shape index (κ3) is 4.45. The number of fused-ring (bicyclic) bond motifs is 11. The van der Waals surface area contributed by atoms with Gasteiger partial charge in [0.15, 0.2) is 0 Å². The molecule has 8 aromatic rings. The summed E-state index contributed by atoms with van der Waals surface area (Å²) in [7, 11) is 0. The summed E-state index contributed by atoms with van der Waals surface area (Å²) >= 11 is 0. The smallest absolute Gasteiger partial charge is 0.136 e. The Morgan fingerprint density at radius 1 is 0.433 bits per heavy atom. The van der Waals surface area contributed by atoms with Crippen LogP contribution in [0, 0.1) is 23.7 Å². The molecule has 2 nitrogen and oxygen atoms in total.